The number of nitrogens with zero attached hydrogens (tertiary/aromatic N) is 3. The molecule has 2 heterocycles. The van der Waals surface area contributed by atoms with Gasteiger partial charge in [0.15, 0.2) is 0 Å². The maximum Gasteiger partial charge on any atom is 0.328 e. The van der Waals surface area contributed by atoms with Crippen molar-refractivity contribution in [3.8, 4) is 0 Å². The fourth-order valence-electron chi connectivity index (χ4n) is 6.94. The van der Waals surface area contributed by atoms with Crippen molar-refractivity contribution >= 4 is 59.0 Å². The molecule has 2 aromatic carbocycles. The standard InChI is InChI=1S/C40H53N7O10/c1-22(2)19-30(34(51)42-28(20-31(48)49)33(50)44-32(23(3)4)35(52)45-18-10-13-29(45)36(53)54)47-37(55)40(6,7)46(39(47)57)21-25-14-16-26(17-15-25)41-38(56)43-27-12-9-8-11-24(27)5/h8-9,11-12,14-17,22-23,28-30,32H,10,13,18-21H2,1-7H3,(H,42,51)(H,44,50)(H,48,49)(H,53,54)(H2,41,43,56). The molecule has 4 rings (SSSR count). The Balaban J connectivity index is 1.50. The summed E-state index contributed by atoms with van der Waals surface area (Å²) in [5.74, 6) is -6.66. The highest BCUT2D eigenvalue weighted by Crippen LogP contribution is 2.33. The van der Waals surface area contributed by atoms with Crippen molar-refractivity contribution in [3.05, 3.63) is 59.7 Å². The molecule has 2 aromatic rings. The molecule has 6 N–H and O–H groups in total. The number of para-hydroxylation sites is 1. The van der Waals surface area contributed by atoms with Gasteiger partial charge in [0.05, 0.1) is 6.42 Å². The quantitative estimate of drug-likeness (QED) is 0.135. The first kappa shape index (κ1) is 43.7. The summed E-state index contributed by atoms with van der Waals surface area (Å²) in [5.41, 5.74) is 1.23. The highest BCUT2D eigenvalue weighted by atomic mass is 16.4. The summed E-state index contributed by atoms with van der Waals surface area (Å²) >= 11 is 0. The molecule has 0 saturated carbocycles. The Morgan fingerprint density at radius 2 is 1.53 bits per heavy atom. The number of carbonyl (C=O) groups is 8. The van der Waals surface area contributed by atoms with Crippen LogP contribution in [0.25, 0.3) is 0 Å². The number of urea groups is 2. The lowest BCUT2D eigenvalue weighted by molar-refractivity contribution is -0.150. The first-order valence-electron chi connectivity index (χ1n) is 19.0. The maximum absolute atomic E-state index is 14.1. The van der Waals surface area contributed by atoms with E-state index in [4.69, 9.17) is 0 Å². The van der Waals surface area contributed by atoms with Crippen molar-refractivity contribution in [2.45, 2.75) is 110 Å². The van der Waals surface area contributed by atoms with Gasteiger partial charge < -0.3 is 41.3 Å². The van der Waals surface area contributed by atoms with Crippen LogP contribution in [0.1, 0.15) is 78.4 Å². The molecule has 4 unspecified atom stereocenters. The number of nitrogens with one attached hydrogen (secondary N) is 4. The summed E-state index contributed by atoms with van der Waals surface area (Å²) in [5, 5.41) is 29.8. The van der Waals surface area contributed by atoms with Gasteiger partial charge in [-0.05, 0) is 81.2 Å². The average molecular weight is 792 g/mol. The van der Waals surface area contributed by atoms with Crippen molar-refractivity contribution in [1.82, 2.24) is 25.3 Å². The lowest BCUT2D eigenvalue weighted by Crippen LogP contribution is -2.60. The van der Waals surface area contributed by atoms with Crippen LogP contribution >= 0.6 is 0 Å². The molecule has 0 spiro atoms. The molecule has 308 valence electrons. The number of rotatable bonds is 16. The SMILES string of the molecule is Cc1ccccc1NC(=O)Nc1ccc(CN2C(=O)N(C(CC(C)C)C(=O)NC(CC(=O)O)C(=O)NC(C(=O)N3CCCC3C(=O)O)C(C)C)C(=O)C2(C)C)cc1. The van der Waals surface area contributed by atoms with Gasteiger partial charge in [0, 0.05) is 24.5 Å². The first-order chi connectivity index (χ1) is 26.7. The number of likely N-dealkylation sites (tertiary alicyclic amines) is 1. The lowest BCUT2D eigenvalue weighted by Gasteiger charge is -2.31. The minimum Gasteiger partial charge on any atom is -0.481 e. The average Bonchev–Trinajstić information content (AvgIpc) is 3.69. The number of anilines is 2. The van der Waals surface area contributed by atoms with Crippen LogP contribution in [0.4, 0.5) is 21.0 Å². The molecule has 0 aliphatic carbocycles. The second-order valence-corrected chi connectivity index (χ2v) is 15.8. The van der Waals surface area contributed by atoms with E-state index in [-0.39, 0.29) is 31.8 Å². The topological polar surface area (TPSA) is 235 Å². The van der Waals surface area contributed by atoms with Crippen LogP contribution in [-0.4, -0.2) is 109 Å². The zero-order valence-corrected chi connectivity index (χ0v) is 33.3. The van der Waals surface area contributed by atoms with Crippen LogP contribution in [-0.2, 0) is 35.3 Å². The van der Waals surface area contributed by atoms with Gasteiger partial charge in [0.25, 0.3) is 5.91 Å². The van der Waals surface area contributed by atoms with E-state index in [1.807, 2.05) is 25.1 Å². The predicted octanol–water partition coefficient (Wildman–Crippen LogP) is 3.77. The van der Waals surface area contributed by atoms with E-state index in [0.29, 0.717) is 23.4 Å². The van der Waals surface area contributed by atoms with Gasteiger partial charge in [-0.25, -0.2) is 19.3 Å². The number of benzene rings is 2. The molecule has 57 heavy (non-hydrogen) atoms. The van der Waals surface area contributed by atoms with E-state index < -0.39 is 89.7 Å². The van der Waals surface area contributed by atoms with Crippen LogP contribution in [0.3, 0.4) is 0 Å². The fourth-order valence-corrected chi connectivity index (χ4v) is 6.94. The smallest absolute Gasteiger partial charge is 0.328 e. The monoisotopic (exact) mass is 791 g/mol. The van der Waals surface area contributed by atoms with Gasteiger partial charge in [-0.2, -0.15) is 0 Å². The van der Waals surface area contributed by atoms with Crippen molar-refractivity contribution < 1.29 is 48.6 Å². The van der Waals surface area contributed by atoms with E-state index in [9.17, 15) is 48.6 Å². The normalized spacial score (nSPS) is 18.0. The number of imide groups is 1. The fraction of sp³-hybridized carbons (Fsp3) is 0.500. The molecular weight excluding hydrogens is 738 g/mol. The second kappa shape index (κ2) is 18.3. The van der Waals surface area contributed by atoms with E-state index in [2.05, 4.69) is 21.3 Å². The Hall–Kier alpha value is -6.00. The number of hydrogen-bond acceptors (Lipinski definition) is 8. The van der Waals surface area contributed by atoms with Gasteiger partial charge >= 0.3 is 24.0 Å². The summed E-state index contributed by atoms with van der Waals surface area (Å²) in [6, 6.07) is 7.33. The van der Waals surface area contributed by atoms with E-state index >= 15 is 0 Å². The van der Waals surface area contributed by atoms with Crippen molar-refractivity contribution in [3.63, 3.8) is 0 Å². The summed E-state index contributed by atoms with van der Waals surface area (Å²) in [6.07, 6.45) is -0.198. The number of hydrogen-bond donors (Lipinski definition) is 6. The van der Waals surface area contributed by atoms with Gasteiger partial charge in [-0.15, -0.1) is 0 Å². The van der Waals surface area contributed by atoms with Crippen LogP contribution in [0.5, 0.6) is 0 Å². The molecule has 0 bridgehead atoms. The zero-order valence-electron chi connectivity index (χ0n) is 33.3. The van der Waals surface area contributed by atoms with Crippen LogP contribution in [0.2, 0.25) is 0 Å². The summed E-state index contributed by atoms with van der Waals surface area (Å²) in [7, 11) is 0. The van der Waals surface area contributed by atoms with Crippen molar-refractivity contribution in [1.29, 1.82) is 0 Å². The lowest BCUT2D eigenvalue weighted by atomic mass is 9.98. The Bertz CT molecular complexity index is 1880. The molecular formula is C40H53N7O10. The zero-order chi connectivity index (χ0) is 42.4. The highest BCUT2D eigenvalue weighted by molar-refractivity contribution is 6.10. The summed E-state index contributed by atoms with van der Waals surface area (Å²) in [6.45, 7) is 11.9. The van der Waals surface area contributed by atoms with E-state index in [1.165, 1.54) is 9.80 Å². The molecule has 2 aliphatic heterocycles. The maximum atomic E-state index is 14.1. The number of amides is 8. The Labute approximate surface area is 331 Å². The summed E-state index contributed by atoms with van der Waals surface area (Å²) in [4.78, 5) is 109. The number of carboxylic acids is 2. The molecule has 0 aromatic heterocycles. The van der Waals surface area contributed by atoms with Gasteiger partial charge in [-0.1, -0.05) is 58.0 Å². The third-order valence-electron chi connectivity index (χ3n) is 10.2. The molecule has 0 radical (unpaired) electrons. The molecule has 17 nitrogen and oxygen atoms in total. The Kier molecular flexibility index (Phi) is 14.0. The first-order valence-corrected chi connectivity index (χ1v) is 19.0. The molecule has 8 amide bonds. The second-order valence-electron chi connectivity index (χ2n) is 15.8. The van der Waals surface area contributed by atoms with Crippen molar-refractivity contribution in [2.75, 3.05) is 17.2 Å². The van der Waals surface area contributed by atoms with Crippen molar-refractivity contribution in [2.24, 2.45) is 11.8 Å². The Morgan fingerprint density at radius 3 is 2.11 bits per heavy atom. The molecule has 2 saturated heterocycles. The van der Waals surface area contributed by atoms with Crippen LogP contribution < -0.4 is 21.3 Å². The van der Waals surface area contributed by atoms with Crippen LogP contribution in [0, 0.1) is 18.8 Å². The highest BCUT2D eigenvalue weighted by Gasteiger charge is 2.55. The number of aliphatic carboxylic acids is 2. The third-order valence-corrected chi connectivity index (χ3v) is 10.2. The predicted molar refractivity (Wildman–Crippen MR) is 209 cm³/mol. The molecule has 2 aliphatic rings. The van der Waals surface area contributed by atoms with E-state index in [0.717, 1.165) is 10.5 Å². The third kappa shape index (κ3) is 10.4. The number of carboxylic acid groups (broad SMARTS) is 2. The minimum atomic E-state index is -1.71. The van der Waals surface area contributed by atoms with Crippen LogP contribution in [0.15, 0.2) is 48.5 Å². The minimum absolute atomic E-state index is 0.0157. The number of carbonyl (C=O) groups excluding carboxylic acids is 6. The largest absolute Gasteiger partial charge is 0.481 e. The molecule has 17 heteroatoms. The van der Waals surface area contributed by atoms with Gasteiger partial charge in [0.1, 0.15) is 29.7 Å². The summed E-state index contributed by atoms with van der Waals surface area (Å²) < 4.78 is 0. The Morgan fingerprint density at radius 1 is 0.877 bits per heavy atom. The van der Waals surface area contributed by atoms with Gasteiger partial charge in [0.2, 0.25) is 17.7 Å². The van der Waals surface area contributed by atoms with Gasteiger partial charge in [-0.3, -0.25) is 24.0 Å². The molecule has 4 atom stereocenters. The van der Waals surface area contributed by atoms with E-state index in [1.54, 1.807) is 71.9 Å². The number of aryl methyl sites for hydroxylation is 1. The molecule has 2 fully saturated rings.